The van der Waals surface area contributed by atoms with E-state index in [0.717, 1.165) is 13.0 Å². The summed E-state index contributed by atoms with van der Waals surface area (Å²) in [6.45, 7) is 0.832. The summed E-state index contributed by atoms with van der Waals surface area (Å²) in [5.74, 6) is 0. The predicted molar refractivity (Wildman–Crippen MR) is 73.6 cm³/mol. The van der Waals surface area contributed by atoms with E-state index in [0.29, 0.717) is 0 Å². The minimum atomic E-state index is -0.745. The summed E-state index contributed by atoms with van der Waals surface area (Å²) in [5, 5.41) is 1.30. The molecule has 0 radical (unpaired) electrons. The maximum atomic E-state index is 9.37. The summed E-state index contributed by atoms with van der Waals surface area (Å²) in [6.07, 6.45) is 2.28. The molecule has 1 aromatic carbocycles. The lowest BCUT2D eigenvalue weighted by molar-refractivity contribution is 0.0928. The molecule has 19 heavy (non-hydrogen) atoms. The number of methoxy groups -OCH3 is 1. The Labute approximate surface area is 111 Å². The Morgan fingerprint density at radius 3 is 2.68 bits per heavy atom. The Balaban J connectivity index is 0.000000312. The summed E-state index contributed by atoms with van der Waals surface area (Å²) in [6, 6.07) is 8.32. The number of rotatable bonds is 4. The lowest BCUT2D eigenvalue weighted by Gasteiger charge is -2.00. The van der Waals surface area contributed by atoms with Crippen LogP contribution in [0.3, 0.4) is 0 Å². The lowest BCUT2D eigenvalue weighted by Crippen LogP contribution is -2.14. The molecule has 0 spiro atoms. The van der Waals surface area contributed by atoms with E-state index < -0.39 is 6.09 Å². The van der Waals surface area contributed by atoms with Crippen LogP contribution in [0.4, 0.5) is 4.79 Å². The zero-order chi connectivity index (χ0) is 14.1. The zero-order valence-corrected chi connectivity index (χ0v) is 11.1. The molecule has 6 nitrogen and oxygen atoms in total. The van der Waals surface area contributed by atoms with E-state index in [-0.39, 0.29) is 0 Å². The number of carbonyl (C=O) groups is 1. The molecule has 1 aromatic heterocycles. The average Bonchev–Trinajstić information content (AvgIpc) is 2.83. The van der Waals surface area contributed by atoms with Gasteiger partial charge in [-0.1, -0.05) is 18.2 Å². The third-order valence-electron chi connectivity index (χ3n) is 2.52. The van der Waals surface area contributed by atoms with Gasteiger partial charge in [-0.05, 0) is 18.1 Å². The Kier molecular flexibility index (Phi) is 6.42. The monoisotopic (exact) mass is 265 g/mol. The topological polar surface area (TPSA) is 89.4 Å². The molecule has 0 aliphatic heterocycles. The van der Waals surface area contributed by atoms with Crippen LogP contribution in [0.25, 0.3) is 10.9 Å². The van der Waals surface area contributed by atoms with Crippen molar-refractivity contribution >= 4 is 17.0 Å². The van der Waals surface area contributed by atoms with Crippen LogP contribution in [0, 0.1) is 0 Å². The van der Waals surface area contributed by atoms with Gasteiger partial charge < -0.3 is 20.3 Å². The van der Waals surface area contributed by atoms with E-state index >= 15 is 0 Å². The van der Waals surface area contributed by atoms with Crippen molar-refractivity contribution in [3.05, 3.63) is 36.0 Å². The number of hydroxylamine groups is 1. The van der Waals surface area contributed by atoms with Gasteiger partial charge in [0, 0.05) is 23.6 Å². The number of nitrogens with two attached hydrogens (primary N) is 1. The number of carbonyl (C=O) groups excluding carboxylic acids is 1. The number of aromatic nitrogens is 1. The van der Waals surface area contributed by atoms with Crippen molar-refractivity contribution in [2.45, 2.75) is 6.42 Å². The minimum Gasteiger partial charge on any atom is -0.453 e. The highest BCUT2D eigenvalue weighted by atomic mass is 16.6. The van der Waals surface area contributed by atoms with Crippen LogP contribution in [0.5, 0.6) is 0 Å². The highest BCUT2D eigenvalue weighted by molar-refractivity contribution is 5.83. The second kappa shape index (κ2) is 8.12. The lowest BCUT2D eigenvalue weighted by atomic mass is 10.1. The number of ether oxygens (including phenoxy) is 1. The quantitative estimate of drug-likeness (QED) is 0.578. The molecule has 0 unspecified atom stereocenters. The fourth-order valence-electron chi connectivity index (χ4n) is 1.63. The van der Waals surface area contributed by atoms with E-state index in [1.165, 1.54) is 23.6 Å². The SMILES string of the molecule is COC(N)=O.CONCCc1c[nH]c2ccccc12. The van der Waals surface area contributed by atoms with Gasteiger partial charge in [-0.15, -0.1) is 0 Å². The number of para-hydroxylation sites is 1. The number of hydrogen-bond donors (Lipinski definition) is 3. The van der Waals surface area contributed by atoms with E-state index in [1.807, 2.05) is 6.07 Å². The predicted octanol–water partition coefficient (Wildman–Crippen LogP) is 1.57. The highest BCUT2D eigenvalue weighted by Gasteiger charge is 2.01. The first kappa shape index (κ1) is 15.0. The molecule has 0 aliphatic rings. The highest BCUT2D eigenvalue weighted by Crippen LogP contribution is 2.17. The summed E-state index contributed by atoms with van der Waals surface area (Å²) in [5.41, 5.74) is 9.79. The van der Waals surface area contributed by atoms with Crippen molar-refractivity contribution in [1.29, 1.82) is 0 Å². The van der Waals surface area contributed by atoms with Crippen LogP contribution in [0.2, 0.25) is 0 Å². The van der Waals surface area contributed by atoms with E-state index in [2.05, 4.69) is 45.3 Å². The van der Waals surface area contributed by atoms with Crippen LogP contribution in [-0.4, -0.2) is 31.8 Å². The van der Waals surface area contributed by atoms with Crippen LogP contribution >= 0.6 is 0 Å². The number of fused-ring (bicyclic) bond motifs is 1. The van der Waals surface area contributed by atoms with Gasteiger partial charge >= 0.3 is 6.09 Å². The van der Waals surface area contributed by atoms with E-state index in [1.54, 1.807) is 7.11 Å². The van der Waals surface area contributed by atoms with Crippen LogP contribution < -0.4 is 11.2 Å². The molecule has 0 fully saturated rings. The van der Waals surface area contributed by atoms with Crippen molar-refractivity contribution in [2.75, 3.05) is 20.8 Å². The standard InChI is InChI=1S/C11H14N2O.C2H5NO2/c1-14-13-7-6-9-8-12-11-5-3-2-4-10(9)11;1-5-2(3)4/h2-5,8,12-13H,6-7H2,1H3;1H3,(H2,3,4). The summed E-state index contributed by atoms with van der Waals surface area (Å²) in [4.78, 5) is 17.4. The first-order chi connectivity index (χ1) is 9.19. The van der Waals surface area contributed by atoms with Crippen molar-refractivity contribution in [3.8, 4) is 0 Å². The molecule has 1 amide bonds. The minimum absolute atomic E-state index is 0.745. The fraction of sp³-hybridized carbons (Fsp3) is 0.308. The molecule has 0 atom stereocenters. The molecule has 0 bridgehead atoms. The molecule has 0 saturated heterocycles. The van der Waals surface area contributed by atoms with Crippen LogP contribution in [-0.2, 0) is 16.0 Å². The van der Waals surface area contributed by atoms with E-state index in [9.17, 15) is 4.79 Å². The molecule has 2 rings (SSSR count). The molecular formula is C13H19N3O3. The number of amides is 1. The largest absolute Gasteiger partial charge is 0.453 e. The average molecular weight is 265 g/mol. The number of hydrogen-bond acceptors (Lipinski definition) is 4. The summed E-state index contributed by atoms with van der Waals surface area (Å²) >= 11 is 0. The molecule has 4 N–H and O–H groups in total. The Bertz CT molecular complexity index is 511. The Hall–Kier alpha value is -2.05. The number of H-pyrrole nitrogens is 1. The third-order valence-corrected chi connectivity index (χ3v) is 2.52. The van der Waals surface area contributed by atoms with Crippen molar-refractivity contribution in [2.24, 2.45) is 5.73 Å². The molecule has 1 heterocycles. The fourth-order valence-corrected chi connectivity index (χ4v) is 1.63. The normalized spacial score (nSPS) is 9.79. The van der Waals surface area contributed by atoms with Gasteiger partial charge in [0.1, 0.15) is 0 Å². The van der Waals surface area contributed by atoms with Gasteiger partial charge in [0.15, 0.2) is 0 Å². The Morgan fingerprint density at radius 1 is 1.37 bits per heavy atom. The van der Waals surface area contributed by atoms with Gasteiger partial charge in [0.25, 0.3) is 0 Å². The second-order valence-corrected chi connectivity index (χ2v) is 3.73. The van der Waals surface area contributed by atoms with Gasteiger partial charge in [-0.25, -0.2) is 10.3 Å². The van der Waals surface area contributed by atoms with Gasteiger partial charge in [0.05, 0.1) is 14.2 Å². The third kappa shape index (κ3) is 4.99. The number of nitrogens with one attached hydrogen (secondary N) is 2. The molecule has 104 valence electrons. The van der Waals surface area contributed by atoms with Gasteiger partial charge in [-0.2, -0.15) is 0 Å². The van der Waals surface area contributed by atoms with Gasteiger partial charge in [0.2, 0.25) is 0 Å². The smallest absolute Gasteiger partial charge is 0.404 e. The molecule has 0 aliphatic carbocycles. The van der Waals surface area contributed by atoms with Gasteiger partial charge in [-0.3, -0.25) is 0 Å². The summed E-state index contributed by atoms with van der Waals surface area (Å²) < 4.78 is 3.89. The number of aromatic amines is 1. The Morgan fingerprint density at radius 2 is 2.05 bits per heavy atom. The molecule has 6 heteroatoms. The summed E-state index contributed by atoms with van der Waals surface area (Å²) in [7, 11) is 2.86. The van der Waals surface area contributed by atoms with Crippen LogP contribution in [0.1, 0.15) is 5.56 Å². The number of primary amides is 1. The zero-order valence-electron chi connectivity index (χ0n) is 11.1. The molecular weight excluding hydrogens is 246 g/mol. The van der Waals surface area contributed by atoms with Crippen molar-refractivity contribution in [3.63, 3.8) is 0 Å². The van der Waals surface area contributed by atoms with Crippen molar-refractivity contribution in [1.82, 2.24) is 10.5 Å². The maximum absolute atomic E-state index is 9.37. The maximum Gasteiger partial charge on any atom is 0.404 e. The van der Waals surface area contributed by atoms with Crippen molar-refractivity contribution < 1.29 is 14.4 Å². The second-order valence-electron chi connectivity index (χ2n) is 3.73. The first-order valence-corrected chi connectivity index (χ1v) is 5.83. The molecule has 2 aromatic rings. The molecule has 0 saturated carbocycles. The van der Waals surface area contributed by atoms with Crippen LogP contribution in [0.15, 0.2) is 30.5 Å². The van der Waals surface area contributed by atoms with E-state index in [4.69, 9.17) is 4.84 Å². The first-order valence-electron chi connectivity index (χ1n) is 5.83. The number of benzene rings is 1.